The van der Waals surface area contributed by atoms with Gasteiger partial charge >= 0.3 is 0 Å². The molecule has 92 valence electrons. The highest BCUT2D eigenvalue weighted by atomic mass is 16.2. The average Bonchev–Trinajstić information content (AvgIpc) is 3.03. The minimum absolute atomic E-state index is 0.109. The van der Waals surface area contributed by atoms with Crippen molar-refractivity contribution in [3.63, 3.8) is 0 Å². The van der Waals surface area contributed by atoms with Gasteiger partial charge in [-0.1, -0.05) is 6.92 Å². The number of carbonyl (C=O) groups excluding carboxylic acids is 2. The molecule has 4 N–H and O–H groups in total. The first-order valence-corrected chi connectivity index (χ1v) is 5.89. The number of nitrogens with two attached hydrogens (primary N) is 1. The molecule has 2 unspecified atom stereocenters. The van der Waals surface area contributed by atoms with Crippen molar-refractivity contribution in [1.82, 2.24) is 10.6 Å². The van der Waals surface area contributed by atoms with E-state index in [4.69, 9.17) is 5.73 Å². The van der Waals surface area contributed by atoms with E-state index >= 15 is 0 Å². The molecule has 0 aromatic rings. The van der Waals surface area contributed by atoms with Crippen molar-refractivity contribution in [2.45, 2.75) is 45.2 Å². The topological polar surface area (TPSA) is 84.2 Å². The summed E-state index contributed by atoms with van der Waals surface area (Å²) in [6.45, 7) is 3.92. The van der Waals surface area contributed by atoms with Gasteiger partial charge in [-0.05, 0) is 26.2 Å². The monoisotopic (exact) mass is 227 g/mol. The normalized spacial score (nSPS) is 18.7. The Morgan fingerprint density at radius 3 is 2.44 bits per heavy atom. The fraction of sp³-hybridized carbons (Fsp3) is 0.818. The SMILES string of the molecule is CCC(CN)C(=O)NC(C)C(=O)NC1CC1. The number of nitrogens with one attached hydrogen (secondary N) is 2. The summed E-state index contributed by atoms with van der Waals surface area (Å²) in [5.74, 6) is -0.442. The summed E-state index contributed by atoms with van der Waals surface area (Å²) in [4.78, 5) is 23.2. The Bertz CT molecular complexity index is 260. The zero-order valence-electron chi connectivity index (χ0n) is 9.95. The Balaban J connectivity index is 2.33. The molecule has 0 spiro atoms. The molecule has 1 aliphatic rings. The van der Waals surface area contributed by atoms with Crippen LogP contribution in [-0.2, 0) is 9.59 Å². The van der Waals surface area contributed by atoms with E-state index in [0.29, 0.717) is 19.0 Å². The molecule has 2 atom stereocenters. The van der Waals surface area contributed by atoms with Crippen LogP contribution in [0.4, 0.5) is 0 Å². The lowest BCUT2D eigenvalue weighted by atomic mass is 10.1. The standard InChI is InChI=1S/C11H21N3O2/c1-3-8(6-12)11(16)13-7(2)10(15)14-9-4-5-9/h7-9H,3-6,12H2,1-2H3,(H,13,16)(H,14,15). The van der Waals surface area contributed by atoms with E-state index in [-0.39, 0.29) is 17.7 Å². The van der Waals surface area contributed by atoms with Gasteiger partial charge in [0.05, 0.1) is 0 Å². The van der Waals surface area contributed by atoms with Crippen molar-refractivity contribution in [2.75, 3.05) is 6.54 Å². The summed E-state index contributed by atoms with van der Waals surface area (Å²) in [5.41, 5.74) is 5.47. The lowest BCUT2D eigenvalue weighted by molar-refractivity contribution is -0.130. The van der Waals surface area contributed by atoms with Crippen molar-refractivity contribution in [1.29, 1.82) is 0 Å². The molecule has 0 saturated heterocycles. The molecule has 0 aromatic carbocycles. The third kappa shape index (κ3) is 3.81. The van der Waals surface area contributed by atoms with E-state index in [1.165, 1.54) is 0 Å². The van der Waals surface area contributed by atoms with Crippen LogP contribution < -0.4 is 16.4 Å². The maximum atomic E-state index is 11.7. The lowest BCUT2D eigenvalue weighted by Crippen LogP contribution is -2.48. The van der Waals surface area contributed by atoms with Crippen LogP contribution >= 0.6 is 0 Å². The van der Waals surface area contributed by atoms with Gasteiger partial charge in [0.1, 0.15) is 6.04 Å². The van der Waals surface area contributed by atoms with E-state index in [2.05, 4.69) is 10.6 Å². The van der Waals surface area contributed by atoms with Gasteiger partial charge in [-0.3, -0.25) is 9.59 Å². The highest BCUT2D eigenvalue weighted by molar-refractivity contribution is 5.88. The van der Waals surface area contributed by atoms with Crippen molar-refractivity contribution in [3.8, 4) is 0 Å². The van der Waals surface area contributed by atoms with E-state index in [0.717, 1.165) is 12.8 Å². The smallest absolute Gasteiger partial charge is 0.242 e. The molecule has 0 aliphatic heterocycles. The Hall–Kier alpha value is -1.10. The van der Waals surface area contributed by atoms with Crippen LogP contribution in [0.1, 0.15) is 33.1 Å². The van der Waals surface area contributed by atoms with Gasteiger partial charge in [0.25, 0.3) is 0 Å². The minimum atomic E-state index is -0.478. The van der Waals surface area contributed by atoms with Crippen LogP contribution in [0.3, 0.4) is 0 Å². The molecule has 1 fully saturated rings. The summed E-state index contributed by atoms with van der Waals surface area (Å²) in [7, 11) is 0. The quantitative estimate of drug-likeness (QED) is 0.585. The second-order valence-corrected chi connectivity index (χ2v) is 4.35. The van der Waals surface area contributed by atoms with E-state index in [1.54, 1.807) is 6.92 Å². The van der Waals surface area contributed by atoms with Crippen molar-refractivity contribution in [3.05, 3.63) is 0 Å². The van der Waals surface area contributed by atoms with E-state index in [9.17, 15) is 9.59 Å². The third-order valence-electron chi connectivity index (χ3n) is 2.82. The minimum Gasteiger partial charge on any atom is -0.352 e. The number of carbonyl (C=O) groups is 2. The zero-order valence-corrected chi connectivity index (χ0v) is 9.95. The van der Waals surface area contributed by atoms with Gasteiger partial charge in [-0.15, -0.1) is 0 Å². The Morgan fingerprint density at radius 1 is 1.38 bits per heavy atom. The van der Waals surface area contributed by atoms with E-state index < -0.39 is 6.04 Å². The summed E-state index contributed by atoms with van der Waals surface area (Å²) in [6.07, 6.45) is 2.79. The molecular weight excluding hydrogens is 206 g/mol. The molecular formula is C11H21N3O2. The van der Waals surface area contributed by atoms with Gasteiger partial charge in [-0.2, -0.15) is 0 Å². The third-order valence-corrected chi connectivity index (χ3v) is 2.82. The Morgan fingerprint density at radius 2 is 2.00 bits per heavy atom. The average molecular weight is 227 g/mol. The van der Waals surface area contributed by atoms with Crippen molar-refractivity contribution < 1.29 is 9.59 Å². The summed E-state index contributed by atoms with van der Waals surface area (Å²) in [5, 5.41) is 5.53. The van der Waals surface area contributed by atoms with Crippen LogP contribution in [0.25, 0.3) is 0 Å². The molecule has 0 bridgehead atoms. The Kier molecular flexibility index (Phi) is 4.73. The van der Waals surface area contributed by atoms with Crippen LogP contribution in [0, 0.1) is 5.92 Å². The van der Waals surface area contributed by atoms with Crippen LogP contribution in [0.2, 0.25) is 0 Å². The molecule has 2 amide bonds. The molecule has 5 heteroatoms. The number of amides is 2. The van der Waals surface area contributed by atoms with Crippen molar-refractivity contribution in [2.24, 2.45) is 11.7 Å². The zero-order chi connectivity index (χ0) is 12.1. The number of hydrogen-bond donors (Lipinski definition) is 3. The molecule has 1 saturated carbocycles. The molecule has 16 heavy (non-hydrogen) atoms. The molecule has 0 heterocycles. The first-order valence-electron chi connectivity index (χ1n) is 5.89. The number of rotatable bonds is 6. The van der Waals surface area contributed by atoms with Gasteiger partial charge in [0, 0.05) is 18.5 Å². The van der Waals surface area contributed by atoms with Gasteiger partial charge < -0.3 is 16.4 Å². The molecule has 5 nitrogen and oxygen atoms in total. The van der Waals surface area contributed by atoms with Crippen molar-refractivity contribution >= 4 is 11.8 Å². The predicted octanol–water partition coefficient (Wildman–Crippen LogP) is -0.245. The fourth-order valence-corrected chi connectivity index (χ4v) is 1.41. The predicted molar refractivity (Wildman–Crippen MR) is 61.6 cm³/mol. The van der Waals surface area contributed by atoms with Gasteiger partial charge in [0.15, 0.2) is 0 Å². The summed E-state index contributed by atoms with van der Waals surface area (Å²) in [6, 6.07) is -0.156. The number of hydrogen-bond acceptors (Lipinski definition) is 3. The molecule has 0 radical (unpaired) electrons. The first kappa shape index (κ1) is 13.0. The molecule has 1 rings (SSSR count). The van der Waals surface area contributed by atoms with Gasteiger partial charge in [-0.25, -0.2) is 0 Å². The molecule has 0 aromatic heterocycles. The van der Waals surface area contributed by atoms with Crippen LogP contribution in [0.15, 0.2) is 0 Å². The highest BCUT2D eigenvalue weighted by Gasteiger charge is 2.27. The maximum absolute atomic E-state index is 11.7. The van der Waals surface area contributed by atoms with Gasteiger partial charge in [0.2, 0.25) is 11.8 Å². The van der Waals surface area contributed by atoms with Crippen LogP contribution in [-0.4, -0.2) is 30.4 Å². The summed E-state index contributed by atoms with van der Waals surface area (Å²) >= 11 is 0. The second kappa shape index (κ2) is 5.84. The second-order valence-electron chi connectivity index (χ2n) is 4.35. The fourth-order valence-electron chi connectivity index (χ4n) is 1.41. The van der Waals surface area contributed by atoms with E-state index in [1.807, 2.05) is 6.92 Å². The summed E-state index contributed by atoms with van der Waals surface area (Å²) < 4.78 is 0. The van der Waals surface area contributed by atoms with Crippen LogP contribution in [0.5, 0.6) is 0 Å². The molecule has 1 aliphatic carbocycles. The highest BCUT2D eigenvalue weighted by Crippen LogP contribution is 2.18. The lowest BCUT2D eigenvalue weighted by Gasteiger charge is -2.17. The maximum Gasteiger partial charge on any atom is 0.242 e. The largest absolute Gasteiger partial charge is 0.352 e. The Labute approximate surface area is 96.1 Å². The first-order chi connectivity index (χ1) is 7.58.